The summed E-state index contributed by atoms with van der Waals surface area (Å²) in [7, 11) is 0. The Kier molecular flexibility index (Phi) is 2.77. The van der Waals surface area contributed by atoms with E-state index < -0.39 is 4.87 Å². The van der Waals surface area contributed by atoms with Crippen LogP contribution >= 0.6 is 24.4 Å². The summed E-state index contributed by atoms with van der Waals surface area (Å²) in [5.74, 6) is 0.159. The number of amides is 1. The Hall–Kier alpha value is -0.200. The van der Waals surface area contributed by atoms with Gasteiger partial charge in [-0.3, -0.25) is 9.59 Å². The second kappa shape index (κ2) is 3.68. The number of carbonyl (C=O) groups excluding carboxylic acids is 2. The first-order valence-electron chi connectivity index (χ1n) is 4.74. The average Bonchev–Trinajstić information content (AvgIpc) is 2.66. The molecule has 0 radical (unpaired) electrons. The van der Waals surface area contributed by atoms with E-state index in [9.17, 15) is 9.59 Å². The SMILES string of the molecule is CS[C@@]12C(=O)COC1C(C)CN2C(=O)S. The first-order valence-corrected chi connectivity index (χ1v) is 6.42. The van der Waals surface area contributed by atoms with Crippen molar-refractivity contribution in [2.75, 3.05) is 19.4 Å². The van der Waals surface area contributed by atoms with Crippen LogP contribution in [0.4, 0.5) is 4.79 Å². The normalized spacial score (nSPS) is 39.7. The Balaban J connectivity index is 2.44. The number of ether oxygens (including phenoxy) is 1. The molecule has 0 saturated carbocycles. The van der Waals surface area contributed by atoms with Gasteiger partial charge >= 0.3 is 0 Å². The molecule has 2 aliphatic heterocycles. The van der Waals surface area contributed by atoms with Crippen LogP contribution in [0.5, 0.6) is 0 Å². The Morgan fingerprint density at radius 3 is 2.93 bits per heavy atom. The minimum absolute atomic E-state index is 0.0215. The standard InChI is InChI=1S/C9H13NO3S2/c1-5-3-10(8(12)14)9(15-2)6(11)4-13-7(5)9/h5,7H,3-4H2,1-2H3,(H,12,14)/t5?,7?,9-/m0/s1. The van der Waals surface area contributed by atoms with Gasteiger partial charge in [-0.15, -0.1) is 11.8 Å². The quantitative estimate of drug-likeness (QED) is 0.703. The molecule has 0 N–H and O–H groups in total. The maximum Gasteiger partial charge on any atom is 0.280 e. The summed E-state index contributed by atoms with van der Waals surface area (Å²) in [5, 5.41) is -0.349. The molecule has 2 aliphatic rings. The molecule has 0 spiro atoms. The number of thiol groups is 1. The van der Waals surface area contributed by atoms with Crippen LogP contribution < -0.4 is 0 Å². The van der Waals surface area contributed by atoms with E-state index in [1.165, 1.54) is 16.7 Å². The monoisotopic (exact) mass is 247 g/mol. The topological polar surface area (TPSA) is 46.6 Å². The summed E-state index contributed by atoms with van der Waals surface area (Å²) in [6.07, 6.45) is 1.65. The number of ketones is 1. The van der Waals surface area contributed by atoms with Gasteiger partial charge in [-0.1, -0.05) is 19.6 Å². The van der Waals surface area contributed by atoms with Gasteiger partial charge in [0, 0.05) is 12.5 Å². The fraction of sp³-hybridized carbons (Fsp3) is 0.778. The van der Waals surface area contributed by atoms with Crippen molar-refractivity contribution in [3.05, 3.63) is 0 Å². The minimum Gasteiger partial charge on any atom is -0.366 e. The Bertz CT molecular complexity index is 322. The molecule has 0 bridgehead atoms. The lowest BCUT2D eigenvalue weighted by Crippen LogP contribution is -2.51. The number of carbonyl (C=O) groups is 2. The van der Waals surface area contributed by atoms with Crippen molar-refractivity contribution in [3.8, 4) is 0 Å². The lowest BCUT2D eigenvalue weighted by Gasteiger charge is -2.32. The zero-order chi connectivity index (χ0) is 11.2. The number of nitrogens with zero attached hydrogens (tertiary/aromatic N) is 1. The zero-order valence-corrected chi connectivity index (χ0v) is 10.3. The van der Waals surface area contributed by atoms with Gasteiger partial charge in [-0.2, -0.15) is 0 Å². The van der Waals surface area contributed by atoms with E-state index >= 15 is 0 Å². The van der Waals surface area contributed by atoms with Crippen molar-refractivity contribution in [1.29, 1.82) is 0 Å². The molecule has 3 atom stereocenters. The van der Waals surface area contributed by atoms with E-state index in [1.54, 1.807) is 0 Å². The first kappa shape index (κ1) is 11.3. The third-order valence-electron chi connectivity index (χ3n) is 3.11. The molecule has 4 nitrogen and oxygen atoms in total. The van der Waals surface area contributed by atoms with Crippen molar-refractivity contribution < 1.29 is 14.3 Å². The van der Waals surface area contributed by atoms with E-state index in [-0.39, 0.29) is 29.7 Å². The number of thioether (sulfide) groups is 1. The molecule has 0 aliphatic carbocycles. The van der Waals surface area contributed by atoms with Gasteiger partial charge < -0.3 is 9.64 Å². The largest absolute Gasteiger partial charge is 0.366 e. The molecule has 6 heteroatoms. The van der Waals surface area contributed by atoms with Crippen molar-refractivity contribution >= 4 is 35.4 Å². The third-order valence-corrected chi connectivity index (χ3v) is 4.65. The number of likely N-dealkylation sites (tertiary alicyclic amines) is 1. The molecule has 2 heterocycles. The predicted molar refractivity (Wildman–Crippen MR) is 61.2 cm³/mol. The van der Waals surface area contributed by atoms with Crippen LogP contribution in [0.3, 0.4) is 0 Å². The van der Waals surface area contributed by atoms with E-state index in [1.807, 2.05) is 13.2 Å². The lowest BCUT2D eigenvalue weighted by molar-refractivity contribution is -0.121. The third kappa shape index (κ3) is 1.34. The van der Waals surface area contributed by atoms with E-state index in [0.717, 1.165) is 0 Å². The van der Waals surface area contributed by atoms with Crippen molar-refractivity contribution in [1.82, 2.24) is 4.90 Å². The fourth-order valence-electron chi connectivity index (χ4n) is 2.47. The molecule has 0 aromatic rings. The van der Waals surface area contributed by atoms with Gasteiger partial charge in [-0.25, -0.2) is 0 Å². The summed E-state index contributed by atoms with van der Waals surface area (Å²) in [5.41, 5.74) is 0. The molecule has 2 rings (SSSR count). The molecular formula is C9H13NO3S2. The zero-order valence-electron chi connectivity index (χ0n) is 8.60. The molecule has 2 unspecified atom stereocenters. The Labute approximate surface area is 98.1 Å². The predicted octanol–water partition coefficient (Wildman–Crippen LogP) is 1.02. The molecule has 15 heavy (non-hydrogen) atoms. The highest BCUT2D eigenvalue weighted by atomic mass is 32.2. The first-order chi connectivity index (χ1) is 7.04. The second-order valence-electron chi connectivity index (χ2n) is 3.93. The molecular weight excluding hydrogens is 234 g/mol. The molecule has 0 aromatic heterocycles. The van der Waals surface area contributed by atoms with Crippen LogP contribution in [0.15, 0.2) is 0 Å². The summed E-state index contributed by atoms with van der Waals surface area (Å²) in [6.45, 7) is 2.64. The smallest absolute Gasteiger partial charge is 0.280 e. The van der Waals surface area contributed by atoms with Crippen LogP contribution in [0, 0.1) is 5.92 Å². The number of Topliss-reactive ketones (excluding diaryl/α,β-unsaturated/α-hetero) is 1. The van der Waals surface area contributed by atoms with Gasteiger partial charge in [0.25, 0.3) is 5.24 Å². The summed E-state index contributed by atoms with van der Waals surface area (Å²) < 4.78 is 5.48. The lowest BCUT2D eigenvalue weighted by atomic mass is 10.0. The Morgan fingerprint density at radius 1 is 1.73 bits per heavy atom. The average molecular weight is 247 g/mol. The Morgan fingerprint density at radius 2 is 2.40 bits per heavy atom. The highest BCUT2D eigenvalue weighted by molar-refractivity contribution is 8.01. The van der Waals surface area contributed by atoms with Crippen LogP contribution in [0.25, 0.3) is 0 Å². The molecule has 0 aromatic carbocycles. The number of hydrogen-bond acceptors (Lipinski definition) is 4. The molecule has 1 amide bonds. The molecule has 2 saturated heterocycles. The number of fused-ring (bicyclic) bond motifs is 1. The number of rotatable bonds is 1. The summed E-state index contributed by atoms with van der Waals surface area (Å²) in [6, 6.07) is 0. The van der Waals surface area contributed by atoms with Crippen LogP contribution in [0.2, 0.25) is 0 Å². The summed E-state index contributed by atoms with van der Waals surface area (Å²) in [4.78, 5) is 24.0. The van der Waals surface area contributed by atoms with Gasteiger partial charge in [-0.05, 0) is 6.26 Å². The van der Waals surface area contributed by atoms with Crippen molar-refractivity contribution in [2.24, 2.45) is 5.92 Å². The fourth-order valence-corrected chi connectivity index (χ4v) is 3.98. The van der Waals surface area contributed by atoms with E-state index in [4.69, 9.17) is 4.74 Å². The minimum atomic E-state index is -0.821. The highest BCUT2D eigenvalue weighted by Crippen LogP contribution is 2.47. The maximum absolute atomic E-state index is 11.9. The highest BCUT2D eigenvalue weighted by Gasteiger charge is 2.62. The van der Waals surface area contributed by atoms with Gasteiger partial charge in [0.15, 0.2) is 10.7 Å². The van der Waals surface area contributed by atoms with Crippen molar-refractivity contribution in [2.45, 2.75) is 17.9 Å². The van der Waals surface area contributed by atoms with Crippen LogP contribution in [-0.4, -0.2) is 46.3 Å². The van der Waals surface area contributed by atoms with E-state index in [0.29, 0.717) is 6.54 Å². The van der Waals surface area contributed by atoms with Gasteiger partial charge in [0.1, 0.15) is 12.7 Å². The second-order valence-corrected chi connectivity index (χ2v) is 5.34. The molecule has 84 valence electrons. The van der Waals surface area contributed by atoms with E-state index in [2.05, 4.69) is 12.6 Å². The summed E-state index contributed by atoms with van der Waals surface area (Å²) >= 11 is 5.21. The van der Waals surface area contributed by atoms with Gasteiger partial charge in [0.05, 0.1) is 0 Å². The molecule has 2 fully saturated rings. The number of hydrogen-bond donors (Lipinski definition) is 1. The maximum atomic E-state index is 11.9. The van der Waals surface area contributed by atoms with Crippen molar-refractivity contribution in [3.63, 3.8) is 0 Å². The van der Waals surface area contributed by atoms with Crippen LogP contribution in [-0.2, 0) is 9.53 Å². The van der Waals surface area contributed by atoms with Crippen LogP contribution in [0.1, 0.15) is 6.92 Å². The van der Waals surface area contributed by atoms with Gasteiger partial charge in [0.2, 0.25) is 0 Å².